The molecule has 0 spiro atoms. The molecule has 3 rings (SSSR count). The summed E-state index contributed by atoms with van der Waals surface area (Å²) in [6.45, 7) is 10.6. The first-order valence-corrected chi connectivity index (χ1v) is 11.4. The van der Waals surface area contributed by atoms with Gasteiger partial charge in [-0.05, 0) is 11.1 Å². The molecule has 3 aromatic rings. The molecule has 0 atom stereocenters. The molecule has 2 heteroatoms. The van der Waals surface area contributed by atoms with E-state index in [1.807, 2.05) is 6.07 Å². The van der Waals surface area contributed by atoms with Crippen molar-refractivity contribution >= 4 is 8.07 Å². The van der Waals surface area contributed by atoms with Gasteiger partial charge in [-0.2, -0.15) is 12.1 Å². The van der Waals surface area contributed by atoms with E-state index in [2.05, 4.69) is 99.0 Å². The Morgan fingerprint density at radius 3 is 1.61 bits per heavy atom. The summed E-state index contributed by atoms with van der Waals surface area (Å²) in [7, 11) is -0.861. The third kappa shape index (κ3) is 7.20. The van der Waals surface area contributed by atoms with E-state index in [1.54, 1.807) is 0 Å². The zero-order valence-corrected chi connectivity index (χ0v) is 17.3. The standard InChI is InChI=1S/C17H13.C4H11Si.Pt/c1-2-6-14(7-3-1)16-10-12-17(13-11-16)15-8-4-5-9-15;1-5(2,3)4;/h1-13H;1H2,2-4H3;/q2*-1;+2. The summed E-state index contributed by atoms with van der Waals surface area (Å²) < 4.78 is 0. The molecule has 3 aromatic carbocycles. The Kier molecular flexibility index (Phi) is 7.81. The van der Waals surface area contributed by atoms with Gasteiger partial charge in [0.15, 0.2) is 0 Å². The molecule has 0 aliphatic rings. The SMILES string of the molecule is [CH2-][Si](C)(C)C.[Pt+2].c1ccc(-c2ccc(-[c-]3cccc3)cc2)cc1. The molecule has 0 N–H and O–H groups in total. The average molecular weight is 500 g/mol. The van der Waals surface area contributed by atoms with Crippen molar-refractivity contribution in [2.75, 3.05) is 0 Å². The van der Waals surface area contributed by atoms with Gasteiger partial charge in [0.1, 0.15) is 0 Å². The fourth-order valence-corrected chi connectivity index (χ4v) is 2.05. The first kappa shape index (κ1) is 19.7. The minimum Gasteiger partial charge on any atom is -0.342 e. The molecule has 23 heavy (non-hydrogen) atoms. The molecule has 0 bridgehead atoms. The van der Waals surface area contributed by atoms with Gasteiger partial charge in [0, 0.05) is 0 Å². The van der Waals surface area contributed by atoms with Gasteiger partial charge in [-0.1, -0.05) is 67.7 Å². The van der Waals surface area contributed by atoms with Crippen LogP contribution in [0, 0.1) is 6.55 Å². The molecule has 0 heterocycles. The predicted molar refractivity (Wildman–Crippen MR) is 102 cm³/mol. The first-order valence-electron chi connectivity index (χ1n) is 7.66. The van der Waals surface area contributed by atoms with Gasteiger partial charge in [0.25, 0.3) is 0 Å². The maximum atomic E-state index is 3.91. The Morgan fingerprint density at radius 2 is 1.13 bits per heavy atom. The third-order valence-corrected chi connectivity index (χ3v) is 2.99. The zero-order chi connectivity index (χ0) is 16.0. The number of hydrogen-bond donors (Lipinski definition) is 0. The molecule has 0 amide bonds. The van der Waals surface area contributed by atoms with Gasteiger partial charge < -0.3 is 6.55 Å². The van der Waals surface area contributed by atoms with E-state index < -0.39 is 8.07 Å². The van der Waals surface area contributed by atoms with Crippen molar-refractivity contribution in [3.05, 3.63) is 85.4 Å². The van der Waals surface area contributed by atoms with E-state index in [0.717, 1.165) is 0 Å². The van der Waals surface area contributed by atoms with Gasteiger partial charge in [-0.25, -0.2) is 0 Å². The minimum absolute atomic E-state index is 0. The van der Waals surface area contributed by atoms with E-state index in [4.69, 9.17) is 0 Å². The van der Waals surface area contributed by atoms with Crippen molar-refractivity contribution in [2.45, 2.75) is 19.6 Å². The van der Waals surface area contributed by atoms with Gasteiger partial charge in [-0.3, -0.25) is 0 Å². The van der Waals surface area contributed by atoms with Crippen LogP contribution in [0.15, 0.2) is 78.9 Å². The van der Waals surface area contributed by atoms with Crippen LogP contribution in [0.4, 0.5) is 0 Å². The largest absolute Gasteiger partial charge is 2.00 e. The second-order valence-electron chi connectivity index (χ2n) is 6.68. The van der Waals surface area contributed by atoms with Gasteiger partial charge in [-0.15, -0.1) is 37.9 Å². The quantitative estimate of drug-likeness (QED) is 0.281. The van der Waals surface area contributed by atoms with E-state index in [0.29, 0.717) is 0 Å². The third-order valence-electron chi connectivity index (χ3n) is 2.99. The fraction of sp³-hybridized carbons (Fsp3) is 0.143. The van der Waals surface area contributed by atoms with Gasteiger partial charge in [0.05, 0.1) is 0 Å². The van der Waals surface area contributed by atoms with Crippen molar-refractivity contribution in [1.29, 1.82) is 0 Å². The summed E-state index contributed by atoms with van der Waals surface area (Å²) in [6, 6.07) is 27.6. The van der Waals surface area contributed by atoms with E-state index in [-0.39, 0.29) is 21.1 Å². The van der Waals surface area contributed by atoms with E-state index in [9.17, 15) is 0 Å². The smallest absolute Gasteiger partial charge is 0.342 e. The van der Waals surface area contributed by atoms with Crippen molar-refractivity contribution in [2.24, 2.45) is 0 Å². The summed E-state index contributed by atoms with van der Waals surface area (Å²) in [5.41, 5.74) is 5.08. The molecule has 0 aromatic heterocycles. The predicted octanol–water partition coefficient (Wildman–Crippen LogP) is 6.43. The van der Waals surface area contributed by atoms with Crippen LogP contribution in [-0.4, -0.2) is 8.07 Å². The van der Waals surface area contributed by atoms with E-state index >= 15 is 0 Å². The van der Waals surface area contributed by atoms with Crippen LogP contribution in [0.3, 0.4) is 0 Å². The Morgan fingerprint density at radius 1 is 0.696 bits per heavy atom. The first-order chi connectivity index (χ1) is 10.4. The van der Waals surface area contributed by atoms with Gasteiger partial charge in [0.2, 0.25) is 0 Å². The van der Waals surface area contributed by atoms with Crippen LogP contribution in [0.25, 0.3) is 22.3 Å². The second-order valence-corrected chi connectivity index (χ2v) is 11.8. The van der Waals surface area contributed by atoms with Gasteiger partial charge >= 0.3 is 21.1 Å². The molecule has 0 nitrogen and oxygen atoms in total. The van der Waals surface area contributed by atoms with Crippen molar-refractivity contribution in [3.63, 3.8) is 0 Å². The number of hydrogen-bond acceptors (Lipinski definition) is 0. The summed E-state index contributed by atoms with van der Waals surface area (Å²) in [5, 5.41) is 0. The molecule has 0 unspecified atom stereocenters. The average Bonchev–Trinajstić information content (AvgIpc) is 3.01. The Bertz CT molecular complexity index is 656. The molecule has 0 radical (unpaired) electrons. The molecule has 0 saturated carbocycles. The fourth-order valence-electron chi connectivity index (χ4n) is 2.05. The Labute approximate surface area is 156 Å². The normalized spacial score (nSPS) is 10.3. The minimum atomic E-state index is -0.861. The molecule has 0 saturated heterocycles. The Balaban J connectivity index is 0.000000390. The van der Waals surface area contributed by atoms with Crippen molar-refractivity contribution in [3.8, 4) is 22.3 Å². The van der Waals surface area contributed by atoms with Crippen molar-refractivity contribution < 1.29 is 21.1 Å². The van der Waals surface area contributed by atoms with E-state index in [1.165, 1.54) is 22.3 Å². The topological polar surface area (TPSA) is 0 Å². The second kappa shape index (κ2) is 9.10. The van der Waals surface area contributed by atoms with Crippen LogP contribution in [0.1, 0.15) is 0 Å². The van der Waals surface area contributed by atoms with Crippen LogP contribution < -0.4 is 0 Å². The van der Waals surface area contributed by atoms with Crippen LogP contribution >= 0.6 is 0 Å². The number of rotatable bonds is 2. The maximum Gasteiger partial charge on any atom is 2.00 e. The van der Waals surface area contributed by atoms with Crippen molar-refractivity contribution in [1.82, 2.24) is 0 Å². The zero-order valence-electron chi connectivity index (χ0n) is 14.0. The molecule has 0 aliphatic carbocycles. The maximum absolute atomic E-state index is 3.91. The molecule has 0 fully saturated rings. The van der Waals surface area contributed by atoms with Crippen LogP contribution in [0.2, 0.25) is 19.6 Å². The number of benzene rings is 2. The Hall–Kier alpha value is -1.30. The van der Waals surface area contributed by atoms with Crippen LogP contribution in [0.5, 0.6) is 0 Å². The molecular weight excluding hydrogens is 475 g/mol. The molecule has 122 valence electrons. The summed E-state index contributed by atoms with van der Waals surface area (Å²) in [6.07, 6.45) is 0. The summed E-state index contributed by atoms with van der Waals surface area (Å²) in [5.74, 6) is 0. The summed E-state index contributed by atoms with van der Waals surface area (Å²) >= 11 is 0. The monoisotopic (exact) mass is 499 g/mol. The molecular formula is C21H24PtSi. The van der Waals surface area contributed by atoms with Crippen LogP contribution in [-0.2, 0) is 21.1 Å². The summed E-state index contributed by atoms with van der Waals surface area (Å²) in [4.78, 5) is 0. The molecule has 0 aliphatic heterocycles.